The molecule has 2 aliphatic heterocycles. The minimum atomic E-state index is -0.423. The molecule has 2 atom stereocenters. The molecule has 2 aliphatic rings. The van der Waals surface area contributed by atoms with Crippen LogP contribution in [0.3, 0.4) is 0 Å². The Kier molecular flexibility index (Phi) is 4.86. The van der Waals surface area contributed by atoms with Crippen LogP contribution < -0.4 is 5.32 Å². The lowest BCUT2D eigenvalue weighted by molar-refractivity contribution is -0.0204. The van der Waals surface area contributed by atoms with Crippen LogP contribution in [0.2, 0.25) is 0 Å². The van der Waals surface area contributed by atoms with Gasteiger partial charge in [0.1, 0.15) is 5.60 Å². The molecule has 2 fully saturated rings. The average molecular weight is 296 g/mol. The number of carbonyl (C=O) groups excluding carboxylic acids is 1. The highest BCUT2D eigenvalue weighted by Crippen LogP contribution is 2.37. The zero-order chi connectivity index (χ0) is 15.7. The third-order valence-electron chi connectivity index (χ3n) is 4.62. The molecule has 0 aromatic heterocycles. The molecule has 0 spiro atoms. The van der Waals surface area contributed by atoms with Crippen molar-refractivity contribution in [3.63, 3.8) is 0 Å². The molecular weight excluding hydrogens is 264 g/mol. The minimum Gasteiger partial charge on any atom is -0.444 e. The topological polar surface area (TPSA) is 41.6 Å². The van der Waals surface area contributed by atoms with E-state index in [1.165, 1.54) is 19.3 Å². The predicted molar refractivity (Wildman–Crippen MR) is 85.3 cm³/mol. The number of nitrogens with one attached hydrogen (secondary N) is 1. The first-order valence-corrected chi connectivity index (χ1v) is 8.38. The molecule has 2 unspecified atom stereocenters. The van der Waals surface area contributed by atoms with Crippen LogP contribution in [0.25, 0.3) is 0 Å². The van der Waals surface area contributed by atoms with Crippen LogP contribution in [0.15, 0.2) is 0 Å². The highest BCUT2D eigenvalue weighted by molar-refractivity contribution is 5.69. The maximum absolute atomic E-state index is 12.6. The summed E-state index contributed by atoms with van der Waals surface area (Å²) < 4.78 is 5.66. The number of amides is 1. The molecule has 122 valence electrons. The average Bonchev–Trinajstić information content (AvgIpc) is 2.36. The summed E-state index contributed by atoms with van der Waals surface area (Å²) in [4.78, 5) is 14.7. The summed E-state index contributed by atoms with van der Waals surface area (Å²) in [5.41, 5.74) is -0.233. The van der Waals surface area contributed by atoms with E-state index in [0.29, 0.717) is 12.0 Å². The third kappa shape index (κ3) is 4.60. The second-order valence-corrected chi connectivity index (χ2v) is 8.48. The van der Waals surface area contributed by atoms with Gasteiger partial charge in [-0.2, -0.15) is 0 Å². The molecule has 0 aromatic rings. The standard InChI is InChI=1S/C17H32N2O2/c1-16(2,3)21-15(20)19-12-17(4,5)9-8-14(19)13-7-6-10-18-11-13/h13-14,18H,6-12H2,1-5H3. The van der Waals surface area contributed by atoms with E-state index in [-0.39, 0.29) is 11.5 Å². The Morgan fingerprint density at radius 2 is 2.00 bits per heavy atom. The normalized spacial score (nSPS) is 30.0. The fraction of sp³-hybridized carbons (Fsp3) is 0.941. The van der Waals surface area contributed by atoms with Crippen LogP contribution in [-0.2, 0) is 4.74 Å². The van der Waals surface area contributed by atoms with E-state index >= 15 is 0 Å². The van der Waals surface area contributed by atoms with E-state index in [2.05, 4.69) is 19.2 Å². The van der Waals surface area contributed by atoms with Gasteiger partial charge in [-0.1, -0.05) is 13.8 Å². The first kappa shape index (κ1) is 16.6. The summed E-state index contributed by atoms with van der Waals surface area (Å²) >= 11 is 0. The van der Waals surface area contributed by atoms with E-state index in [1.54, 1.807) is 0 Å². The lowest BCUT2D eigenvalue weighted by Crippen LogP contribution is -2.56. The molecule has 2 saturated heterocycles. The van der Waals surface area contributed by atoms with Crippen molar-refractivity contribution in [2.75, 3.05) is 19.6 Å². The second-order valence-electron chi connectivity index (χ2n) is 8.48. The first-order valence-electron chi connectivity index (χ1n) is 8.38. The fourth-order valence-corrected chi connectivity index (χ4v) is 3.57. The van der Waals surface area contributed by atoms with Gasteiger partial charge in [-0.3, -0.25) is 0 Å². The zero-order valence-corrected chi connectivity index (χ0v) is 14.4. The van der Waals surface area contributed by atoms with Gasteiger partial charge in [0.25, 0.3) is 0 Å². The monoisotopic (exact) mass is 296 g/mol. The first-order chi connectivity index (χ1) is 9.68. The van der Waals surface area contributed by atoms with E-state index in [4.69, 9.17) is 4.74 Å². The highest BCUT2D eigenvalue weighted by Gasteiger charge is 2.41. The third-order valence-corrected chi connectivity index (χ3v) is 4.62. The Bertz CT molecular complexity index is 367. The SMILES string of the molecule is CC1(C)CCC(C2CCCNC2)N(C(=O)OC(C)(C)C)C1. The summed E-state index contributed by atoms with van der Waals surface area (Å²) in [7, 11) is 0. The molecule has 4 nitrogen and oxygen atoms in total. The van der Waals surface area contributed by atoms with Crippen molar-refractivity contribution < 1.29 is 9.53 Å². The lowest BCUT2D eigenvalue weighted by Gasteiger charge is -2.47. The van der Waals surface area contributed by atoms with Crippen LogP contribution in [0.1, 0.15) is 60.3 Å². The molecule has 0 saturated carbocycles. The van der Waals surface area contributed by atoms with Crippen LogP contribution >= 0.6 is 0 Å². The summed E-state index contributed by atoms with van der Waals surface area (Å²) in [6.45, 7) is 13.3. The predicted octanol–water partition coefficient (Wildman–Crippen LogP) is 3.41. The van der Waals surface area contributed by atoms with Crippen molar-refractivity contribution in [2.24, 2.45) is 11.3 Å². The smallest absolute Gasteiger partial charge is 0.410 e. The van der Waals surface area contributed by atoms with E-state index in [9.17, 15) is 4.79 Å². The van der Waals surface area contributed by atoms with Gasteiger partial charge < -0.3 is 15.0 Å². The highest BCUT2D eigenvalue weighted by atomic mass is 16.6. The lowest BCUT2D eigenvalue weighted by atomic mass is 9.76. The number of carbonyl (C=O) groups is 1. The van der Waals surface area contributed by atoms with Crippen molar-refractivity contribution >= 4 is 6.09 Å². The molecule has 4 heteroatoms. The van der Waals surface area contributed by atoms with Gasteiger partial charge in [0.2, 0.25) is 0 Å². The molecular formula is C17H32N2O2. The number of nitrogens with zero attached hydrogens (tertiary/aromatic N) is 1. The minimum absolute atomic E-state index is 0.133. The Labute approximate surface area is 129 Å². The summed E-state index contributed by atoms with van der Waals surface area (Å²) in [5, 5.41) is 3.48. The molecule has 0 aromatic carbocycles. The van der Waals surface area contributed by atoms with Gasteiger partial charge in [-0.15, -0.1) is 0 Å². The maximum Gasteiger partial charge on any atom is 0.410 e. The van der Waals surface area contributed by atoms with Crippen LogP contribution in [-0.4, -0.2) is 42.3 Å². The Balaban J connectivity index is 2.11. The molecule has 21 heavy (non-hydrogen) atoms. The summed E-state index contributed by atoms with van der Waals surface area (Å²) in [5.74, 6) is 0.572. The van der Waals surface area contributed by atoms with Gasteiger partial charge in [-0.05, 0) is 70.9 Å². The maximum atomic E-state index is 12.6. The van der Waals surface area contributed by atoms with Crippen molar-refractivity contribution in [2.45, 2.75) is 71.9 Å². The molecule has 1 N–H and O–H groups in total. The quantitative estimate of drug-likeness (QED) is 0.806. The number of hydrogen-bond donors (Lipinski definition) is 1. The number of rotatable bonds is 1. The number of likely N-dealkylation sites (tertiary alicyclic amines) is 1. The van der Waals surface area contributed by atoms with E-state index in [0.717, 1.165) is 26.1 Å². The molecule has 2 heterocycles. The van der Waals surface area contributed by atoms with Gasteiger partial charge in [0.05, 0.1) is 0 Å². The van der Waals surface area contributed by atoms with Crippen LogP contribution in [0.4, 0.5) is 4.79 Å². The van der Waals surface area contributed by atoms with Crippen LogP contribution in [0.5, 0.6) is 0 Å². The number of piperidine rings is 2. The molecule has 2 rings (SSSR count). The summed E-state index contributed by atoms with van der Waals surface area (Å²) in [6.07, 6.45) is 4.58. The summed E-state index contributed by atoms with van der Waals surface area (Å²) in [6, 6.07) is 0.334. The largest absolute Gasteiger partial charge is 0.444 e. The Morgan fingerprint density at radius 3 is 2.57 bits per heavy atom. The molecule has 0 radical (unpaired) electrons. The Hall–Kier alpha value is -0.770. The van der Waals surface area contributed by atoms with Crippen molar-refractivity contribution in [3.05, 3.63) is 0 Å². The fourth-order valence-electron chi connectivity index (χ4n) is 3.57. The molecule has 0 bridgehead atoms. The van der Waals surface area contributed by atoms with E-state index < -0.39 is 5.60 Å². The zero-order valence-electron chi connectivity index (χ0n) is 14.4. The van der Waals surface area contributed by atoms with Gasteiger partial charge in [-0.25, -0.2) is 4.79 Å². The van der Waals surface area contributed by atoms with Gasteiger partial charge >= 0.3 is 6.09 Å². The van der Waals surface area contributed by atoms with Gasteiger partial charge in [0, 0.05) is 12.6 Å². The molecule has 0 aliphatic carbocycles. The Morgan fingerprint density at radius 1 is 1.29 bits per heavy atom. The molecule has 1 amide bonds. The van der Waals surface area contributed by atoms with Crippen molar-refractivity contribution in [1.82, 2.24) is 10.2 Å². The second kappa shape index (κ2) is 6.15. The van der Waals surface area contributed by atoms with Crippen molar-refractivity contribution in [3.8, 4) is 0 Å². The van der Waals surface area contributed by atoms with Crippen molar-refractivity contribution in [1.29, 1.82) is 0 Å². The number of ether oxygens (including phenoxy) is 1. The van der Waals surface area contributed by atoms with Gasteiger partial charge in [0.15, 0.2) is 0 Å². The van der Waals surface area contributed by atoms with Crippen LogP contribution in [0, 0.1) is 11.3 Å². The van der Waals surface area contributed by atoms with E-state index in [1.807, 2.05) is 25.7 Å². The number of hydrogen-bond acceptors (Lipinski definition) is 3.